The molecule has 4 rings (SSSR count). The number of benzene rings is 1. The van der Waals surface area contributed by atoms with Crippen molar-refractivity contribution in [3.8, 4) is 0 Å². The number of hydrogen-bond acceptors (Lipinski definition) is 4. The van der Waals surface area contributed by atoms with Gasteiger partial charge in [-0.05, 0) is 37.5 Å². The van der Waals surface area contributed by atoms with Crippen LogP contribution in [-0.2, 0) is 17.1 Å². The fourth-order valence-electron chi connectivity index (χ4n) is 3.40. The molecule has 1 saturated heterocycles. The number of nitrogens with one attached hydrogen (secondary N) is 1. The van der Waals surface area contributed by atoms with E-state index >= 15 is 0 Å². The number of imidazole rings is 1. The van der Waals surface area contributed by atoms with E-state index < -0.39 is 10.0 Å². The van der Waals surface area contributed by atoms with Gasteiger partial charge in [0.1, 0.15) is 10.7 Å². The van der Waals surface area contributed by atoms with Crippen molar-refractivity contribution in [3.63, 3.8) is 0 Å². The first-order valence-corrected chi connectivity index (χ1v) is 9.82. The van der Waals surface area contributed by atoms with Crippen molar-refractivity contribution in [2.24, 2.45) is 7.05 Å². The van der Waals surface area contributed by atoms with Gasteiger partial charge in [0, 0.05) is 32.3 Å². The minimum absolute atomic E-state index is 0.0768. The zero-order valence-electron chi connectivity index (χ0n) is 14.3. The van der Waals surface area contributed by atoms with Crippen LogP contribution >= 0.6 is 0 Å². The summed E-state index contributed by atoms with van der Waals surface area (Å²) in [7, 11) is -1.79. The summed E-state index contributed by atoms with van der Waals surface area (Å²) < 4.78 is 28.7. The summed E-state index contributed by atoms with van der Waals surface area (Å²) in [5.74, 6) is 0.944. The Balaban J connectivity index is 1.61. The van der Waals surface area contributed by atoms with Gasteiger partial charge in [0.05, 0.1) is 17.2 Å². The molecule has 0 aliphatic carbocycles. The van der Waals surface area contributed by atoms with Crippen LogP contribution < -0.4 is 0 Å². The van der Waals surface area contributed by atoms with Gasteiger partial charge in [-0.2, -0.15) is 9.40 Å². The van der Waals surface area contributed by atoms with E-state index in [4.69, 9.17) is 0 Å². The summed E-state index contributed by atoms with van der Waals surface area (Å²) in [4.78, 5) is 8.30. The molecule has 2 aromatic heterocycles. The topological polar surface area (TPSA) is 83.9 Å². The number of fused-ring (bicyclic) bond motifs is 1. The fourth-order valence-corrected chi connectivity index (χ4v) is 4.91. The number of aromatic amines is 1. The van der Waals surface area contributed by atoms with Crippen LogP contribution in [-0.4, -0.2) is 45.6 Å². The van der Waals surface area contributed by atoms with Gasteiger partial charge in [0.15, 0.2) is 0 Å². The van der Waals surface area contributed by atoms with Crippen molar-refractivity contribution < 1.29 is 8.42 Å². The first-order valence-electron chi connectivity index (χ1n) is 8.38. The summed E-state index contributed by atoms with van der Waals surface area (Å²) >= 11 is 0. The fraction of sp³-hybridized carbons (Fsp3) is 0.412. The van der Waals surface area contributed by atoms with E-state index in [0.29, 0.717) is 13.1 Å². The maximum Gasteiger partial charge on any atom is 0.246 e. The van der Waals surface area contributed by atoms with Crippen LogP contribution in [0.5, 0.6) is 0 Å². The smallest absolute Gasteiger partial charge is 0.246 e. The van der Waals surface area contributed by atoms with Crippen molar-refractivity contribution in [3.05, 3.63) is 42.0 Å². The van der Waals surface area contributed by atoms with Gasteiger partial charge in [-0.15, -0.1) is 0 Å². The summed E-state index contributed by atoms with van der Waals surface area (Å²) in [6.45, 7) is 3.02. The van der Waals surface area contributed by atoms with Gasteiger partial charge in [-0.25, -0.2) is 13.4 Å². The molecule has 0 bridgehead atoms. The van der Waals surface area contributed by atoms with Crippen LogP contribution in [0.4, 0.5) is 0 Å². The highest BCUT2D eigenvalue weighted by Crippen LogP contribution is 2.30. The maximum absolute atomic E-state index is 12.8. The minimum Gasteiger partial charge on any atom is -0.342 e. The molecule has 1 unspecified atom stereocenters. The SMILES string of the molecule is Cc1ccc2nc(C3CCCN(S(=O)(=O)c4cnn(C)c4)C3)[nH]c2c1. The molecule has 3 heterocycles. The number of hydrogen-bond donors (Lipinski definition) is 1. The van der Waals surface area contributed by atoms with E-state index in [1.807, 2.05) is 19.1 Å². The third-order valence-corrected chi connectivity index (χ3v) is 6.56. The van der Waals surface area contributed by atoms with E-state index in [9.17, 15) is 8.42 Å². The quantitative estimate of drug-likeness (QED) is 0.777. The summed E-state index contributed by atoms with van der Waals surface area (Å²) in [6.07, 6.45) is 4.70. The Hall–Kier alpha value is -2.19. The highest BCUT2D eigenvalue weighted by molar-refractivity contribution is 7.89. The third kappa shape index (κ3) is 2.96. The van der Waals surface area contributed by atoms with Crippen LogP contribution in [0.2, 0.25) is 0 Å². The maximum atomic E-state index is 12.8. The Morgan fingerprint density at radius 3 is 2.92 bits per heavy atom. The normalized spacial score (nSPS) is 19.5. The molecule has 0 saturated carbocycles. The second kappa shape index (κ2) is 5.96. The summed E-state index contributed by atoms with van der Waals surface area (Å²) in [5, 5.41) is 3.98. The van der Waals surface area contributed by atoms with Gasteiger partial charge >= 0.3 is 0 Å². The van der Waals surface area contributed by atoms with Gasteiger partial charge in [-0.3, -0.25) is 4.68 Å². The number of nitrogens with zero attached hydrogens (tertiary/aromatic N) is 4. The average molecular weight is 359 g/mol. The molecule has 0 amide bonds. The van der Waals surface area contributed by atoms with Crippen LogP contribution in [0.3, 0.4) is 0 Å². The molecule has 3 aromatic rings. The molecule has 0 spiro atoms. The lowest BCUT2D eigenvalue weighted by Gasteiger charge is -2.30. The highest BCUT2D eigenvalue weighted by atomic mass is 32.2. The van der Waals surface area contributed by atoms with Crippen molar-refractivity contribution in [1.29, 1.82) is 0 Å². The molecule has 7 nitrogen and oxygen atoms in total. The van der Waals surface area contributed by atoms with Crippen LogP contribution in [0.15, 0.2) is 35.5 Å². The number of aromatic nitrogens is 4. The first-order chi connectivity index (χ1) is 11.9. The van der Waals surface area contributed by atoms with Crippen LogP contribution in [0.1, 0.15) is 30.1 Å². The lowest BCUT2D eigenvalue weighted by molar-refractivity contribution is 0.310. The zero-order valence-corrected chi connectivity index (χ0v) is 15.1. The van der Waals surface area contributed by atoms with Gasteiger partial charge in [0.25, 0.3) is 0 Å². The Labute approximate surface area is 146 Å². The molecule has 1 aliphatic heterocycles. The lowest BCUT2D eigenvalue weighted by Crippen LogP contribution is -2.39. The van der Waals surface area contributed by atoms with Crippen molar-refractivity contribution in [2.45, 2.75) is 30.6 Å². The van der Waals surface area contributed by atoms with Crippen molar-refractivity contribution in [2.75, 3.05) is 13.1 Å². The first kappa shape index (κ1) is 16.3. The van der Waals surface area contributed by atoms with Gasteiger partial charge in [-0.1, -0.05) is 6.07 Å². The van der Waals surface area contributed by atoms with E-state index in [1.54, 1.807) is 17.5 Å². The predicted octanol–water partition coefficient (Wildman–Crippen LogP) is 2.17. The van der Waals surface area contributed by atoms with E-state index in [-0.39, 0.29) is 10.8 Å². The molecule has 8 heteroatoms. The molecule has 1 fully saturated rings. The molecule has 0 radical (unpaired) electrons. The number of sulfonamides is 1. The predicted molar refractivity (Wildman–Crippen MR) is 94.8 cm³/mol. The standard InChI is InChI=1S/C17H21N5O2S/c1-12-5-6-15-16(8-12)20-17(19-15)13-4-3-7-22(10-13)25(23,24)14-9-18-21(2)11-14/h5-6,8-9,11,13H,3-4,7,10H2,1-2H3,(H,19,20). The number of rotatable bonds is 3. The number of piperidine rings is 1. The highest BCUT2D eigenvalue weighted by Gasteiger charge is 2.32. The molecule has 1 aliphatic rings. The largest absolute Gasteiger partial charge is 0.342 e. The Morgan fingerprint density at radius 1 is 1.32 bits per heavy atom. The monoisotopic (exact) mass is 359 g/mol. The zero-order chi connectivity index (χ0) is 17.6. The summed E-state index contributed by atoms with van der Waals surface area (Å²) in [6, 6.07) is 6.10. The van der Waals surface area contributed by atoms with Crippen LogP contribution in [0.25, 0.3) is 11.0 Å². The molecular formula is C17H21N5O2S. The van der Waals surface area contributed by atoms with Gasteiger partial charge < -0.3 is 4.98 Å². The van der Waals surface area contributed by atoms with E-state index in [1.165, 1.54) is 16.4 Å². The Bertz CT molecular complexity index is 1020. The minimum atomic E-state index is -3.51. The van der Waals surface area contributed by atoms with E-state index in [2.05, 4.69) is 21.1 Å². The molecule has 25 heavy (non-hydrogen) atoms. The molecule has 132 valence electrons. The molecule has 1 N–H and O–H groups in total. The van der Waals surface area contributed by atoms with Crippen molar-refractivity contribution in [1.82, 2.24) is 24.1 Å². The van der Waals surface area contributed by atoms with Crippen LogP contribution in [0, 0.1) is 6.92 Å². The lowest BCUT2D eigenvalue weighted by atomic mass is 9.99. The average Bonchev–Trinajstić information content (AvgIpc) is 3.21. The molecule has 1 aromatic carbocycles. The second-order valence-corrected chi connectivity index (χ2v) is 8.63. The van der Waals surface area contributed by atoms with E-state index in [0.717, 1.165) is 29.7 Å². The molecule has 1 atom stereocenters. The number of aryl methyl sites for hydroxylation is 2. The summed E-state index contributed by atoms with van der Waals surface area (Å²) in [5.41, 5.74) is 3.10. The number of H-pyrrole nitrogens is 1. The van der Waals surface area contributed by atoms with Crippen molar-refractivity contribution >= 4 is 21.1 Å². The molecular weight excluding hydrogens is 338 g/mol. The second-order valence-electron chi connectivity index (χ2n) is 6.69. The third-order valence-electron chi connectivity index (χ3n) is 4.75. The Morgan fingerprint density at radius 2 is 2.16 bits per heavy atom. The van der Waals surface area contributed by atoms with Gasteiger partial charge in [0.2, 0.25) is 10.0 Å². The Kier molecular flexibility index (Phi) is 3.88.